The van der Waals surface area contributed by atoms with Gasteiger partial charge in [-0.15, -0.1) is 0 Å². The predicted molar refractivity (Wildman–Crippen MR) is 104 cm³/mol. The van der Waals surface area contributed by atoms with Gasteiger partial charge >= 0.3 is 0 Å². The number of nitrogens with one attached hydrogen (secondary N) is 1. The molecular weight excluding hydrogens is 340 g/mol. The fourth-order valence-corrected chi connectivity index (χ4v) is 4.16. The van der Waals surface area contributed by atoms with Crippen molar-refractivity contribution in [3.05, 3.63) is 58.4 Å². The van der Waals surface area contributed by atoms with Gasteiger partial charge in [-0.2, -0.15) is 0 Å². The Morgan fingerprint density at radius 1 is 1.44 bits per heavy atom. The van der Waals surface area contributed by atoms with E-state index in [9.17, 15) is 9.90 Å². The molecule has 144 valence electrons. The summed E-state index contributed by atoms with van der Waals surface area (Å²) >= 11 is 0. The predicted octanol–water partition coefficient (Wildman–Crippen LogP) is 3.26. The van der Waals surface area contributed by atoms with E-state index in [1.165, 1.54) is 5.56 Å². The first-order chi connectivity index (χ1) is 12.9. The molecule has 1 aromatic heterocycles. The average Bonchev–Trinajstić information content (AvgIpc) is 2.69. The SMILES string of the molecule is COc1cc(C)c2c(c1C)[C@H](O)[C@H]([C@H](C)C(=O)NCc1cccnc1)CC2. The minimum Gasteiger partial charge on any atom is -0.496 e. The van der Waals surface area contributed by atoms with Crippen LogP contribution in [0, 0.1) is 25.7 Å². The first kappa shape index (κ1) is 19.4. The Hall–Kier alpha value is -2.40. The number of methoxy groups -OCH3 is 1. The fourth-order valence-electron chi connectivity index (χ4n) is 4.16. The molecule has 0 saturated carbocycles. The number of carbonyl (C=O) groups is 1. The van der Waals surface area contributed by atoms with Crippen LogP contribution in [0.1, 0.15) is 47.3 Å². The van der Waals surface area contributed by atoms with E-state index in [1.54, 1.807) is 19.5 Å². The van der Waals surface area contributed by atoms with E-state index < -0.39 is 6.10 Å². The van der Waals surface area contributed by atoms with Gasteiger partial charge in [0.1, 0.15) is 5.75 Å². The fraction of sp³-hybridized carbons (Fsp3) is 0.455. The van der Waals surface area contributed by atoms with Gasteiger partial charge in [0.2, 0.25) is 5.91 Å². The quantitative estimate of drug-likeness (QED) is 0.850. The number of aryl methyl sites for hydroxylation is 1. The molecule has 5 heteroatoms. The number of amides is 1. The van der Waals surface area contributed by atoms with Crippen LogP contribution in [0.25, 0.3) is 0 Å². The third-order valence-electron chi connectivity index (χ3n) is 5.82. The number of carbonyl (C=O) groups excluding carboxylic acids is 1. The molecule has 1 aromatic carbocycles. The molecule has 5 nitrogen and oxygen atoms in total. The van der Waals surface area contributed by atoms with Crippen molar-refractivity contribution >= 4 is 5.91 Å². The van der Waals surface area contributed by atoms with Crippen LogP contribution in [-0.4, -0.2) is 23.1 Å². The summed E-state index contributed by atoms with van der Waals surface area (Å²) in [5, 5.41) is 14.1. The number of aliphatic hydroxyl groups excluding tert-OH is 1. The Labute approximate surface area is 160 Å². The first-order valence-electron chi connectivity index (χ1n) is 9.45. The molecule has 1 aliphatic carbocycles. The minimum atomic E-state index is -0.665. The molecule has 2 N–H and O–H groups in total. The van der Waals surface area contributed by atoms with Crippen LogP contribution in [0.3, 0.4) is 0 Å². The van der Waals surface area contributed by atoms with Crippen molar-refractivity contribution in [2.24, 2.45) is 11.8 Å². The van der Waals surface area contributed by atoms with Crippen LogP contribution < -0.4 is 10.1 Å². The smallest absolute Gasteiger partial charge is 0.223 e. The van der Waals surface area contributed by atoms with Crippen molar-refractivity contribution in [1.82, 2.24) is 10.3 Å². The van der Waals surface area contributed by atoms with Crippen molar-refractivity contribution in [3.8, 4) is 5.75 Å². The van der Waals surface area contributed by atoms with Gasteiger partial charge in [0, 0.05) is 30.8 Å². The molecule has 0 bridgehead atoms. The van der Waals surface area contributed by atoms with Gasteiger partial charge in [-0.3, -0.25) is 9.78 Å². The Morgan fingerprint density at radius 2 is 2.22 bits per heavy atom. The standard InChI is InChI=1S/C22H28N2O3/c1-13-10-19(27-4)15(3)20-17(13)7-8-18(21(20)25)14(2)22(26)24-12-16-6-5-9-23-11-16/h5-6,9-11,14,18,21,25H,7-8,12H2,1-4H3,(H,24,26)/t14-,18-,21+/m0/s1. The Balaban J connectivity index is 1.76. The molecule has 0 saturated heterocycles. The summed E-state index contributed by atoms with van der Waals surface area (Å²) in [5.41, 5.74) is 5.20. The van der Waals surface area contributed by atoms with E-state index in [1.807, 2.05) is 32.0 Å². The van der Waals surface area contributed by atoms with Gasteiger partial charge in [0.05, 0.1) is 13.2 Å². The van der Waals surface area contributed by atoms with E-state index in [2.05, 4.69) is 17.2 Å². The molecule has 1 amide bonds. The Kier molecular flexibility index (Phi) is 5.80. The third kappa shape index (κ3) is 3.83. The van der Waals surface area contributed by atoms with Crippen molar-refractivity contribution in [2.45, 2.75) is 46.3 Å². The lowest BCUT2D eigenvalue weighted by Crippen LogP contribution is -2.37. The summed E-state index contributed by atoms with van der Waals surface area (Å²) in [4.78, 5) is 16.7. The monoisotopic (exact) mass is 368 g/mol. The van der Waals surface area contributed by atoms with Gasteiger partial charge in [-0.05, 0) is 66.6 Å². The zero-order chi connectivity index (χ0) is 19.6. The topological polar surface area (TPSA) is 71.5 Å². The highest BCUT2D eigenvalue weighted by Crippen LogP contribution is 2.43. The van der Waals surface area contributed by atoms with Crippen LogP contribution in [0.4, 0.5) is 0 Å². The molecule has 0 fully saturated rings. The van der Waals surface area contributed by atoms with E-state index in [-0.39, 0.29) is 17.7 Å². The number of rotatable bonds is 5. The number of ether oxygens (including phenoxy) is 1. The number of hydrogen-bond donors (Lipinski definition) is 2. The summed E-state index contributed by atoms with van der Waals surface area (Å²) in [7, 11) is 1.65. The number of benzene rings is 1. The van der Waals surface area contributed by atoms with Crippen LogP contribution in [0.5, 0.6) is 5.75 Å². The molecule has 0 radical (unpaired) electrons. The highest BCUT2D eigenvalue weighted by atomic mass is 16.5. The number of aliphatic hydroxyl groups is 1. The Morgan fingerprint density at radius 3 is 2.89 bits per heavy atom. The van der Waals surface area contributed by atoms with Crippen molar-refractivity contribution in [1.29, 1.82) is 0 Å². The third-order valence-corrected chi connectivity index (χ3v) is 5.82. The number of hydrogen-bond acceptors (Lipinski definition) is 4. The van der Waals surface area contributed by atoms with Gasteiger partial charge in [0.25, 0.3) is 0 Å². The number of aromatic nitrogens is 1. The summed E-state index contributed by atoms with van der Waals surface area (Å²) < 4.78 is 5.47. The summed E-state index contributed by atoms with van der Waals surface area (Å²) in [6, 6.07) is 5.82. The van der Waals surface area contributed by atoms with Crippen molar-refractivity contribution in [3.63, 3.8) is 0 Å². The first-order valence-corrected chi connectivity index (χ1v) is 9.45. The summed E-state index contributed by atoms with van der Waals surface area (Å²) in [6.45, 7) is 6.38. The van der Waals surface area contributed by atoms with Gasteiger partial charge < -0.3 is 15.2 Å². The zero-order valence-corrected chi connectivity index (χ0v) is 16.5. The molecule has 0 aliphatic heterocycles. The van der Waals surface area contributed by atoms with Crippen molar-refractivity contribution < 1.29 is 14.6 Å². The normalized spacial score (nSPS) is 19.9. The number of fused-ring (bicyclic) bond motifs is 1. The lowest BCUT2D eigenvalue weighted by molar-refractivity contribution is -0.128. The van der Waals surface area contributed by atoms with E-state index in [0.29, 0.717) is 6.54 Å². The second-order valence-corrected chi connectivity index (χ2v) is 7.43. The van der Waals surface area contributed by atoms with Crippen molar-refractivity contribution in [2.75, 3.05) is 7.11 Å². The molecule has 3 atom stereocenters. The van der Waals surface area contributed by atoms with Crippen LogP contribution in [-0.2, 0) is 17.8 Å². The molecule has 0 spiro atoms. The molecule has 0 unspecified atom stereocenters. The van der Waals surface area contributed by atoms with Crippen LogP contribution >= 0.6 is 0 Å². The van der Waals surface area contributed by atoms with E-state index in [0.717, 1.165) is 40.8 Å². The molecule has 3 rings (SSSR count). The molecule has 1 aliphatic rings. The maximum atomic E-state index is 12.7. The molecule has 1 heterocycles. The molecular formula is C22H28N2O3. The maximum Gasteiger partial charge on any atom is 0.223 e. The average molecular weight is 368 g/mol. The zero-order valence-electron chi connectivity index (χ0n) is 16.5. The second kappa shape index (κ2) is 8.09. The number of pyridine rings is 1. The highest BCUT2D eigenvalue weighted by molar-refractivity contribution is 5.78. The highest BCUT2D eigenvalue weighted by Gasteiger charge is 2.37. The van der Waals surface area contributed by atoms with Crippen LogP contribution in [0.2, 0.25) is 0 Å². The lowest BCUT2D eigenvalue weighted by atomic mass is 9.72. The number of nitrogens with zero attached hydrogens (tertiary/aromatic N) is 1. The molecule has 27 heavy (non-hydrogen) atoms. The summed E-state index contributed by atoms with van der Waals surface area (Å²) in [6.07, 6.45) is 4.45. The van der Waals surface area contributed by atoms with Crippen LogP contribution in [0.15, 0.2) is 30.6 Å². The minimum absolute atomic E-state index is 0.0383. The summed E-state index contributed by atoms with van der Waals surface area (Å²) in [5.74, 6) is 0.357. The molecule has 2 aromatic rings. The van der Waals surface area contributed by atoms with E-state index >= 15 is 0 Å². The van der Waals surface area contributed by atoms with Gasteiger partial charge in [-0.25, -0.2) is 0 Å². The largest absolute Gasteiger partial charge is 0.496 e. The maximum absolute atomic E-state index is 12.7. The van der Waals surface area contributed by atoms with E-state index in [4.69, 9.17) is 4.74 Å². The Bertz CT molecular complexity index is 820. The second-order valence-electron chi connectivity index (χ2n) is 7.43. The van der Waals surface area contributed by atoms with Gasteiger partial charge in [-0.1, -0.05) is 13.0 Å². The lowest BCUT2D eigenvalue weighted by Gasteiger charge is -2.35. The van der Waals surface area contributed by atoms with Gasteiger partial charge in [0.15, 0.2) is 0 Å².